The van der Waals surface area contributed by atoms with Gasteiger partial charge in [0.1, 0.15) is 15.8 Å². The van der Waals surface area contributed by atoms with Crippen molar-refractivity contribution in [3.05, 3.63) is 64.1 Å². The van der Waals surface area contributed by atoms with Gasteiger partial charge in [0.05, 0.1) is 18.1 Å². The van der Waals surface area contributed by atoms with Crippen LogP contribution in [0.3, 0.4) is 0 Å². The Morgan fingerprint density at radius 2 is 1.81 bits per heavy atom. The number of hydrogen-bond donors (Lipinski definition) is 1. The van der Waals surface area contributed by atoms with Gasteiger partial charge in [-0.2, -0.15) is 0 Å². The lowest BCUT2D eigenvalue weighted by Crippen LogP contribution is -2.17. The number of amides is 1. The molecule has 1 N–H and O–H groups in total. The summed E-state index contributed by atoms with van der Waals surface area (Å²) in [5.74, 6) is 1.49. The van der Waals surface area contributed by atoms with Crippen LogP contribution in [0.5, 0.6) is 11.5 Å². The van der Waals surface area contributed by atoms with Gasteiger partial charge in [-0.3, -0.25) is 4.79 Å². The summed E-state index contributed by atoms with van der Waals surface area (Å²) in [6.45, 7) is 5.21. The van der Waals surface area contributed by atoms with E-state index in [4.69, 9.17) is 21.7 Å². The predicted molar refractivity (Wildman–Crippen MR) is 114 cm³/mol. The topological polar surface area (TPSA) is 47.6 Å². The van der Waals surface area contributed by atoms with Crippen molar-refractivity contribution >= 4 is 40.3 Å². The number of rotatable bonds is 7. The number of ether oxygens (including phenoxy) is 2. The van der Waals surface area contributed by atoms with E-state index < -0.39 is 0 Å². The zero-order chi connectivity index (χ0) is 19.2. The zero-order valence-corrected chi connectivity index (χ0v) is 16.9. The Labute approximate surface area is 168 Å². The summed E-state index contributed by atoms with van der Waals surface area (Å²) < 4.78 is 12.2. The van der Waals surface area contributed by atoms with Gasteiger partial charge in [-0.05, 0) is 43.2 Å². The smallest absolute Gasteiger partial charge is 0.263 e. The summed E-state index contributed by atoms with van der Waals surface area (Å²) in [5.41, 5.74) is 3.17. The Hall–Kier alpha value is -2.31. The molecule has 6 heteroatoms. The second-order valence-corrected chi connectivity index (χ2v) is 7.93. The highest BCUT2D eigenvalue weighted by Crippen LogP contribution is 2.29. The van der Waals surface area contributed by atoms with E-state index in [2.05, 4.69) is 24.4 Å². The van der Waals surface area contributed by atoms with Crippen LogP contribution in [0.25, 0.3) is 6.08 Å². The second-order valence-electron chi connectivity index (χ2n) is 6.21. The quantitative estimate of drug-likeness (QED) is 0.418. The Kier molecular flexibility index (Phi) is 6.53. The van der Waals surface area contributed by atoms with Gasteiger partial charge < -0.3 is 14.8 Å². The van der Waals surface area contributed by atoms with Crippen molar-refractivity contribution < 1.29 is 14.3 Å². The summed E-state index contributed by atoms with van der Waals surface area (Å²) >= 11 is 6.29. The minimum absolute atomic E-state index is 0.165. The van der Waals surface area contributed by atoms with Gasteiger partial charge in [0.25, 0.3) is 5.91 Å². The molecule has 1 aliphatic rings. The van der Waals surface area contributed by atoms with Crippen molar-refractivity contribution in [1.29, 1.82) is 0 Å². The molecule has 2 aromatic rings. The standard InChI is InChI=1S/C21H21NO3S2/c1-14-8-9-15(2)18(12-14)25-11-5-10-24-17-7-4-3-6-16(17)13-19-20(23)22-21(26)27-19/h3-4,6-9,12-13H,5,10-11H2,1-2H3,(H,22,23,26)/b19-13+. The number of nitrogens with one attached hydrogen (secondary N) is 1. The molecule has 0 saturated carbocycles. The molecule has 0 unspecified atom stereocenters. The van der Waals surface area contributed by atoms with Gasteiger partial charge in [0, 0.05) is 12.0 Å². The van der Waals surface area contributed by atoms with E-state index in [1.807, 2.05) is 37.3 Å². The first-order valence-electron chi connectivity index (χ1n) is 8.69. The van der Waals surface area contributed by atoms with Gasteiger partial charge in [-0.1, -0.05) is 54.3 Å². The lowest BCUT2D eigenvalue weighted by atomic mass is 10.1. The van der Waals surface area contributed by atoms with E-state index in [1.54, 1.807) is 6.08 Å². The summed E-state index contributed by atoms with van der Waals surface area (Å²) in [7, 11) is 0. The number of benzene rings is 2. The van der Waals surface area contributed by atoms with Gasteiger partial charge in [-0.15, -0.1) is 0 Å². The first-order chi connectivity index (χ1) is 13.0. The SMILES string of the molecule is Cc1ccc(C)c(OCCCOc2ccccc2/C=C2/SC(=S)NC2=O)c1. The van der Waals surface area contributed by atoms with E-state index in [9.17, 15) is 4.79 Å². The summed E-state index contributed by atoms with van der Waals surface area (Å²) in [5, 5.41) is 2.62. The van der Waals surface area contributed by atoms with Crippen molar-refractivity contribution in [1.82, 2.24) is 5.32 Å². The van der Waals surface area contributed by atoms with E-state index in [0.717, 1.165) is 29.0 Å². The number of aryl methyl sites for hydroxylation is 2. The molecule has 1 fully saturated rings. The van der Waals surface area contributed by atoms with Crippen LogP contribution < -0.4 is 14.8 Å². The maximum atomic E-state index is 11.8. The molecule has 1 amide bonds. The maximum absolute atomic E-state index is 11.8. The molecule has 0 atom stereocenters. The predicted octanol–water partition coefficient (Wildman–Crippen LogP) is 4.64. The molecule has 27 heavy (non-hydrogen) atoms. The molecular formula is C21H21NO3S2. The van der Waals surface area contributed by atoms with E-state index in [1.165, 1.54) is 17.3 Å². The van der Waals surface area contributed by atoms with Gasteiger partial charge >= 0.3 is 0 Å². The number of hydrogen-bond acceptors (Lipinski definition) is 5. The molecular weight excluding hydrogens is 378 g/mol. The minimum Gasteiger partial charge on any atom is -0.493 e. The van der Waals surface area contributed by atoms with Crippen molar-refractivity contribution in [2.24, 2.45) is 0 Å². The third-order valence-corrected chi connectivity index (χ3v) is 5.16. The molecule has 0 bridgehead atoms. The maximum Gasteiger partial charge on any atom is 0.263 e. The Morgan fingerprint density at radius 3 is 2.56 bits per heavy atom. The van der Waals surface area contributed by atoms with Crippen LogP contribution in [-0.4, -0.2) is 23.4 Å². The molecule has 4 nitrogen and oxygen atoms in total. The molecule has 1 saturated heterocycles. The van der Waals surface area contributed by atoms with Crippen molar-refractivity contribution in [3.8, 4) is 11.5 Å². The van der Waals surface area contributed by atoms with E-state index in [-0.39, 0.29) is 5.91 Å². The molecule has 0 spiro atoms. The van der Waals surface area contributed by atoms with Crippen LogP contribution in [0.1, 0.15) is 23.1 Å². The number of thioether (sulfide) groups is 1. The lowest BCUT2D eigenvalue weighted by Gasteiger charge is -2.12. The Bertz CT molecular complexity index is 893. The first-order valence-corrected chi connectivity index (χ1v) is 9.92. The van der Waals surface area contributed by atoms with Crippen molar-refractivity contribution in [3.63, 3.8) is 0 Å². The monoisotopic (exact) mass is 399 g/mol. The normalized spacial score (nSPS) is 15.1. The highest BCUT2D eigenvalue weighted by atomic mass is 32.2. The zero-order valence-electron chi connectivity index (χ0n) is 15.3. The van der Waals surface area contributed by atoms with E-state index in [0.29, 0.717) is 22.4 Å². The van der Waals surface area contributed by atoms with Gasteiger partial charge in [0.2, 0.25) is 0 Å². The third kappa shape index (κ3) is 5.34. The minimum atomic E-state index is -0.165. The lowest BCUT2D eigenvalue weighted by molar-refractivity contribution is -0.115. The molecule has 0 aromatic heterocycles. The van der Waals surface area contributed by atoms with Crippen molar-refractivity contribution in [2.45, 2.75) is 20.3 Å². The largest absolute Gasteiger partial charge is 0.493 e. The average molecular weight is 400 g/mol. The number of thiocarbonyl (C=S) groups is 1. The average Bonchev–Trinajstić information content (AvgIpc) is 2.96. The molecule has 2 aromatic carbocycles. The van der Waals surface area contributed by atoms with Crippen molar-refractivity contribution in [2.75, 3.05) is 13.2 Å². The summed E-state index contributed by atoms with van der Waals surface area (Å²) in [4.78, 5) is 12.4. The van der Waals surface area contributed by atoms with Crippen LogP contribution in [0.2, 0.25) is 0 Å². The summed E-state index contributed by atoms with van der Waals surface area (Å²) in [6, 6.07) is 13.8. The second kappa shape index (κ2) is 9.06. The van der Waals surface area contributed by atoms with Crippen LogP contribution in [0, 0.1) is 13.8 Å². The van der Waals surface area contributed by atoms with Gasteiger partial charge in [0.15, 0.2) is 0 Å². The van der Waals surface area contributed by atoms with Crippen LogP contribution in [0.15, 0.2) is 47.4 Å². The van der Waals surface area contributed by atoms with Crippen LogP contribution in [-0.2, 0) is 4.79 Å². The molecule has 140 valence electrons. The highest BCUT2D eigenvalue weighted by Gasteiger charge is 2.22. The number of para-hydroxylation sites is 1. The molecule has 1 aliphatic heterocycles. The Morgan fingerprint density at radius 1 is 1.07 bits per heavy atom. The first kappa shape index (κ1) is 19.5. The van der Waals surface area contributed by atoms with Crippen LogP contribution in [0.4, 0.5) is 0 Å². The number of carbonyl (C=O) groups excluding carboxylic acids is 1. The van der Waals surface area contributed by atoms with E-state index >= 15 is 0 Å². The fourth-order valence-electron chi connectivity index (χ4n) is 2.58. The number of carbonyl (C=O) groups is 1. The summed E-state index contributed by atoms with van der Waals surface area (Å²) in [6.07, 6.45) is 2.57. The van der Waals surface area contributed by atoms with Gasteiger partial charge in [-0.25, -0.2) is 0 Å². The fraction of sp³-hybridized carbons (Fsp3) is 0.238. The molecule has 3 rings (SSSR count). The molecule has 0 aliphatic carbocycles. The molecule has 0 radical (unpaired) electrons. The Balaban J connectivity index is 1.54. The molecule has 1 heterocycles. The fourth-order valence-corrected chi connectivity index (χ4v) is 3.61. The third-order valence-electron chi connectivity index (χ3n) is 4.00. The van der Waals surface area contributed by atoms with Crippen LogP contribution >= 0.6 is 24.0 Å². The highest BCUT2D eigenvalue weighted by molar-refractivity contribution is 8.26.